The highest BCUT2D eigenvalue weighted by atomic mass is 16.3. The van der Waals surface area contributed by atoms with Crippen LogP contribution in [0.4, 0.5) is 0 Å². The van der Waals surface area contributed by atoms with Crippen LogP contribution in [-0.4, -0.2) is 9.97 Å². The molecule has 0 amide bonds. The summed E-state index contributed by atoms with van der Waals surface area (Å²) in [6.07, 6.45) is 0. The van der Waals surface area contributed by atoms with Crippen molar-refractivity contribution in [1.82, 2.24) is 9.97 Å². The predicted octanol–water partition coefficient (Wildman–Crippen LogP) is 13.4. The summed E-state index contributed by atoms with van der Waals surface area (Å²) in [6.45, 7) is 0. The summed E-state index contributed by atoms with van der Waals surface area (Å²) in [6, 6.07) is 73.3. The highest BCUT2D eigenvalue weighted by Crippen LogP contribution is 2.58. The lowest BCUT2D eigenvalue weighted by molar-refractivity contribution is 0.669. The summed E-state index contributed by atoms with van der Waals surface area (Å²) in [7, 11) is 0. The van der Waals surface area contributed by atoms with E-state index in [1.807, 2.05) is 24.3 Å². The van der Waals surface area contributed by atoms with Gasteiger partial charge in [0.2, 0.25) is 0 Å². The zero-order valence-corrected chi connectivity index (χ0v) is 30.4. The molecule has 8 aromatic carbocycles. The van der Waals surface area contributed by atoms with Crippen LogP contribution in [0.3, 0.4) is 0 Å². The van der Waals surface area contributed by atoms with E-state index < -0.39 is 5.41 Å². The lowest BCUT2D eigenvalue weighted by Gasteiger charge is -2.34. The first-order valence-electron chi connectivity index (χ1n) is 19.1. The number of hydrogen-bond acceptors (Lipinski definition) is 3. The van der Waals surface area contributed by atoms with Gasteiger partial charge in [0.1, 0.15) is 11.2 Å². The Bertz CT molecular complexity index is 2960. The smallest absolute Gasteiger partial charge is 0.161 e. The van der Waals surface area contributed by atoms with Gasteiger partial charge in [-0.25, -0.2) is 9.97 Å². The van der Waals surface area contributed by atoms with E-state index in [1.165, 1.54) is 33.4 Å². The molecule has 0 atom stereocenters. The third-order valence-corrected chi connectivity index (χ3v) is 11.4. The Kier molecular flexibility index (Phi) is 7.39. The Balaban J connectivity index is 1.27. The topological polar surface area (TPSA) is 38.9 Å². The highest BCUT2D eigenvalue weighted by Gasteiger charge is 2.46. The van der Waals surface area contributed by atoms with Gasteiger partial charge in [0, 0.05) is 27.5 Å². The molecule has 262 valence electrons. The normalized spacial score (nSPS) is 12.8. The summed E-state index contributed by atoms with van der Waals surface area (Å²) >= 11 is 0. The number of benzene rings is 8. The van der Waals surface area contributed by atoms with Crippen molar-refractivity contribution in [3.8, 4) is 56.2 Å². The van der Waals surface area contributed by atoms with Gasteiger partial charge in [-0.05, 0) is 80.9 Å². The first kappa shape index (κ1) is 32.1. The largest absolute Gasteiger partial charge is 0.456 e. The van der Waals surface area contributed by atoms with Crippen LogP contribution in [0, 0.1) is 0 Å². The molecule has 0 bridgehead atoms. The lowest BCUT2D eigenvalue weighted by Crippen LogP contribution is -2.28. The summed E-state index contributed by atoms with van der Waals surface area (Å²) in [5.74, 6) is 0.676. The Labute approximate surface area is 325 Å². The van der Waals surface area contributed by atoms with Gasteiger partial charge in [-0.15, -0.1) is 0 Å². The van der Waals surface area contributed by atoms with Crippen LogP contribution in [0.2, 0.25) is 0 Å². The monoisotopic (exact) mass is 714 g/mol. The molecule has 3 nitrogen and oxygen atoms in total. The predicted molar refractivity (Wildman–Crippen MR) is 228 cm³/mol. The van der Waals surface area contributed by atoms with E-state index in [9.17, 15) is 0 Å². The van der Waals surface area contributed by atoms with E-state index in [0.717, 1.165) is 61.1 Å². The van der Waals surface area contributed by atoms with E-state index >= 15 is 0 Å². The van der Waals surface area contributed by atoms with E-state index in [4.69, 9.17) is 14.4 Å². The van der Waals surface area contributed by atoms with Crippen LogP contribution in [0.5, 0.6) is 0 Å². The number of fused-ring (bicyclic) bond motifs is 6. The first-order valence-corrected chi connectivity index (χ1v) is 19.1. The fourth-order valence-corrected chi connectivity index (χ4v) is 8.89. The van der Waals surface area contributed by atoms with Crippen LogP contribution in [-0.2, 0) is 5.41 Å². The maximum absolute atomic E-state index is 6.33. The molecule has 0 saturated heterocycles. The van der Waals surface area contributed by atoms with Crippen molar-refractivity contribution in [2.24, 2.45) is 0 Å². The maximum atomic E-state index is 6.33. The highest BCUT2D eigenvalue weighted by molar-refractivity contribution is 6.07. The summed E-state index contributed by atoms with van der Waals surface area (Å²) < 4.78 is 6.33. The Morgan fingerprint density at radius 2 is 0.893 bits per heavy atom. The van der Waals surface area contributed by atoms with Crippen molar-refractivity contribution in [2.75, 3.05) is 0 Å². The standard InChI is InChI=1S/C53H34N2O/c1-5-17-35(18-6-1)48-34-49(36-19-7-2-8-20-36)55-52(54-48)45-32-43-40-25-13-15-27-46(40)53(38-21-9-3-10-22-38,39-23-11-4-12-24-39)47(43)33-42(45)37-29-30-51-44(31-37)41-26-14-16-28-50(41)56-51/h1-34H. The molecular formula is C53H34N2O. The van der Waals surface area contributed by atoms with Crippen molar-refractivity contribution >= 4 is 21.9 Å². The van der Waals surface area contributed by atoms with Gasteiger partial charge in [0.25, 0.3) is 0 Å². The number of rotatable bonds is 6. The molecule has 2 aromatic heterocycles. The molecule has 0 fully saturated rings. The molecule has 0 spiro atoms. The van der Waals surface area contributed by atoms with Gasteiger partial charge < -0.3 is 4.42 Å². The summed E-state index contributed by atoms with van der Waals surface area (Å²) in [5.41, 5.74) is 15.4. The van der Waals surface area contributed by atoms with Gasteiger partial charge in [-0.1, -0.05) is 170 Å². The average molecular weight is 715 g/mol. The molecule has 0 saturated carbocycles. The Morgan fingerprint density at radius 1 is 0.339 bits per heavy atom. The molecule has 1 aliphatic rings. The van der Waals surface area contributed by atoms with Gasteiger partial charge in [0.05, 0.1) is 16.8 Å². The third kappa shape index (κ3) is 4.98. The number of para-hydroxylation sites is 1. The van der Waals surface area contributed by atoms with Crippen molar-refractivity contribution in [1.29, 1.82) is 0 Å². The van der Waals surface area contributed by atoms with E-state index in [-0.39, 0.29) is 0 Å². The molecule has 0 aliphatic heterocycles. The Hall–Kier alpha value is -7.36. The minimum atomic E-state index is -0.559. The number of furan rings is 1. The second-order valence-corrected chi connectivity index (χ2v) is 14.5. The molecule has 1 aliphatic carbocycles. The number of hydrogen-bond donors (Lipinski definition) is 0. The van der Waals surface area contributed by atoms with Crippen LogP contribution in [0.1, 0.15) is 22.3 Å². The van der Waals surface area contributed by atoms with Crippen molar-refractivity contribution in [2.45, 2.75) is 5.41 Å². The summed E-state index contributed by atoms with van der Waals surface area (Å²) in [5, 5.41) is 2.17. The van der Waals surface area contributed by atoms with Gasteiger partial charge in [-0.2, -0.15) is 0 Å². The van der Waals surface area contributed by atoms with Crippen LogP contribution >= 0.6 is 0 Å². The lowest BCUT2D eigenvalue weighted by atomic mass is 9.67. The van der Waals surface area contributed by atoms with E-state index in [2.05, 4.69) is 182 Å². The van der Waals surface area contributed by atoms with Crippen molar-refractivity contribution < 1.29 is 4.42 Å². The maximum Gasteiger partial charge on any atom is 0.161 e. The molecule has 0 radical (unpaired) electrons. The second-order valence-electron chi connectivity index (χ2n) is 14.5. The zero-order chi connectivity index (χ0) is 37.1. The fraction of sp³-hybridized carbons (Fsp3) is 0.0189. The van der Waals surface area contributed by atoms with E-state index in [1.54, 1.807) is 0 Å². The van der Waals surface area contributed by atoms with E-state index in [0.29, 0.717) is 5.82 Å². The van der Waals surface area contributed by atoms with Gasteiger partial charge in [-0.3, -0.25) is 0 Å². The minimum absolute atomic E-state index is 0.559. The number of nitrogens with zero attached hydrogens (tertiary/aromatic N) is 2. The molecule has 3 heteroatoms. The van der Waals surface area contributed by atoms with Crippen LogP contribution < -0.4 is 0 Å². The fourth-order valence-electron chi connectivity index (χ4n) is 8.89. The molecule has 56 heavy (non-hydrogen) atoms. The molecule has 11 rings (SSSR count). The first-order chi connectivity index (χ1) is 27.8. The Morgan fingerprint density at radius 3 is 1.55 bits per heavy atom. The molecule has 2 heterocycles. The molecular weight excluding hydrogens is 681 g/mol. The van der Waals surface area contributed by atoms with Gasteiger partial charge in [0.15, 0.2) is 5.82 Å². The molecule has 0 N–H and O–H groups in total. The average Bonchev–Trinajstić information content (AvgIpc) is 3.80. The molecule has 0 unspecified atom stereocenters. The minimum Gasteiger partial charge on any atom is -0.456 e. The number of aromatic nitrogens is 2. The summed E-state index contributed by atoms with van der Waals surface area (Å²) in [4.78, 5) is 10.8. The van der Waals surface area contributed by atoms with Crippen LogP contribution in [0.25, 0.3) is 78.1 Å². The second kappa shape index (κ2) is 12.9. The van der Waals surface area contributed by atoms with Crippen molar-refractivity contribution in [3.63, 3.8) is 0 Å². The SMILES string of the molecule is c1ccc(-c2cc(-c3ccccc3)nc(-c3cc4c(cc3-c3ccc5oc6ccccc6c5c3)C(c3ccccc3)(c3ccccc3)c3ccccc3-4)n2)cc1. The van der Waals surface area contributed by atoms with Crippen LogP contribution in [0.15, 0.2) is 211 Å². The van der Waals surface area contributed by atoms with Crippen molar-refractivity contribution in [3.05, 3.63) is 229 Å². The zero-order valence-electron chi connectivity index (χ0n) is 30.4. The third-order valence-electron chi connectivity index (χ3n) is 11.4. The quantitative estimate of drug-likeness (QED) is 0.172. The van der Waals surface area contributed by atoms with Gasteiger partial charge >= 0.3 is 0 Å². The molecule has 10 aromatic rings.